The Bertz CT molecular complexity index is 1190. The van der Waals surface area contributed by atoms with E-state index in [0.29, 0.717) is 25.2 Å². The summed E-state index contributed by atoms with van der Waals surface area (Å²) in [5.74, 6) is -1.18. The van der Waals surface area contributed by atoms with E-state index in [1.165, 1.54) is 0 Å². The normalized spacial score (nSPS) is 19.4. The molecule has 2 aromatic rings. The first-order chi connectivity index (χ1) is 18.3. The Hall–Kier alpha value is -3.65. The molecule has 3 N–H and O–H groups in total. The Balaban J connectivity index is 1.31. The van der Waals surface area contributed by atoms with Crippen LogP contribution in [0.5, 0.6) is 0 Å². The minimum absolute atomic E-state index is 0.0241. The lowest BCUT2D eigenvalue weighted by Gasteiger charge is -2.34. The molecule has 2 fully saturated rings. The van der Waals surface area contributed by atoms with Crippen LogP contribution in [0, 0.1) is 18.3 Å². The molecule has 4 rings (SSSR count). The van der Waals surface area contributed by atoms with Gasteiger partial charge in [0.2, 0.25) is 0 Å². The molecule has 3 atom stereocenters. The molecule has 10 heteroatoms. The van der Waals surface area contributed by atoms with Gasteiger partial charge in [0.1, 0.15) is 11.6 Å². The van der Waals surface area contributed by atoms with Crippen LogP contribution >= 0.6 is 0 Å². The summed E-state index contributed by atoms with van der Waals surface area (Å²) in [4.78, 5) is 27.1. The van der Waals surface area contributed by atoms with Gasteiger partial charge in [-0.05, 0) is 49.0 Å². The first-order valence-electron chi connectivity index (χ1n) is 12.8. The van der Waals surface area contributed by atoms with Crippen molar-refractivity contribution in [2.45, 2.75) is 50.6 Å². The number of carbonyl (C=O) groups is 2. The van der Waals surface area contributed by atoms with Crippen molar-refractivity contribution >= 4 is 25.2 Å². The van der Waals surface area contributed by atoms with Crippen molar-refractivity contribution in [3.8, 4) is 6.07 Å². The second kappa shape index (κ2) is 12.7. The van der Waals surface area contributed by atoms with E-state index in [0.717, 1.165) is 29.5 Å². The fourth-order valence-electron chi connectivity index (χ4n) is 4.91. The van der Waals surface area contributed by atoms with Crippen LogP contribution in [0.15, 0.2) is 54.1 Å². The predicted octanol–water partition coefficient (Wildman–Crippen LogP) is 2.18. The van der Waals surface area contributed by atoms with Gasteiger partial charge in [-0.2, -0.15) is 5.26 Å². The Kier molecular flexibility index (Phi) is 9.18. The number of benzene rings is 2. The summed E-state index contributed by atoms with van der Waals surface area (Å²) in [6.45, 7) is 3.04. The number of rotatable bonds is 9. The van der Waals surface area contributed by atoms with Crippen LogP contribution in [0.1, 0.15) is 35.1 Å². The molecule has 0 aliphatic carbocycles. The third kappa shape index (κ3) is 7.01. The fraction of sp³-hybridized carbons (Fsp3) is 0.393. The molecule has 2 aliphatic rings. The molecule has 38 heavy (non-hydrogen) atoms. The third-order valence-electron chi connectivity index (χ3n) is 6.95. The number of fused-ring (bicyclic) bond motifs is 2. The maximum Gasteiger partial charge on any atom is 0.475 e. The number of amides is 2. The van der Waals surface area contributed by atoms with Gasteiger partial charge >= 0.3 is 13.2 Å². The summed E-state index contributed by atoms with van der Waals surface area (Å²) in [5.41, 5.74) is 3.59. The molecule has 2 aromatic carbocycles. The Morgan fingerprint density at radius 2 is 1.89 bits per heavy atom. The maximum atomic E-state index is 13.1. The van der Waals surface area contributed by atoms with Crippen LogP contribution in [-0.4, -0.2) is 71.9 Å². The molecule has 0 spiro atoms. The number of alkyl carbamates (subject to hydrolysis) is 1. The zero-order valence-corrected chi connectivity index (χ0v) is 21.4. The zero-order valence-electron chi connectivity index (χ0n) is 21.4. The van der Waals surface area contributed by atoms with Gasteiger partial charge in [-0.25, -0.2) is 4.79 Å². The summed E-state index contributed by atoms with van der Waals surface area (Å²) >= 11 is 0. The molecule has 2 aliphatic heterocycles. The minimum atomic E-state index is -1.74. The largest absolute Gasteiger partial charge is 0.475 e. The van der Waals surface area contributed by atoms with E-state index in [9.17, 15) is 24.9 Å². The quantitative estimate of drug-likeness (QED) is 0.264. The van der Waals surface area contributed by atoms with Crippen LogP contribution in [0.4, 0.5) is 4.79 Å². The predicted molar refractivity (Wildman–Crippen MR) is 142 cm³/mol. The van der Waals surface area contributed by atoms with Crippen LogP contribution in [0.3, 0.4) is 0 Å². The van der Waals surface area contributed by atoms with Gasteiger partial charge in [-0.15, -0.1) is 0 Å². The number of nitrogens with one attached hydrogen (secondary N) is 1. The number of morpholine rings is 1. The average molecular weight is 517 g/mol. The van der Waals surface area contributed by atoms with Crippen molar-refractivity contribution in [1.29, 1.82) is 5.26 Å². The van der Waals surface area contributed by atoms with Crippen molar-refractivity contribution in [2.75, 3.05) is 19.8 Å². The smallest absolute Gasteiger partial charge is 0.449 e. The van der Waals surface area contributed by atoms with Crippen LogP contribution in [0.2, 0.25) is 0 Å². The average Bonchev–Trinajstić information content (AvgIpc) is 3.15. The molecule has 2 amide bonds. The first-order valence-corrected chi connectivity index (χ1v) is 12.8. The SMILES string of the molecule is Cc1ccc(C[C@H](NC(=O)OCCc2cccc(/C=C(\C#N)C(=O)N3C4CCC3COC4)c2)B(O)O)cc1. The number of nitriles is 1. The standard InChI is InChI=1S/C28H32BN3O6/c1-19-5-7-21(8-6-19)15-26(29(35)36)31-28(34)38-12-11-20-3-2-4-22(13-20)14-23(16-30)27(33)32-24-9-10-25(32)18-37-17-24/h2-8,13-14,24-26,35-36H,9-12,15,17-18H2,1H3,(H,31,34)/b23-14+/t24?,25?,26-/m0/s1. The number of carbonyl (C=O) groups excluding carboxylic acids is 2. The van der Waals surface area contributed by atoms with E-state index in [-0.39, 0.29) is 36.6 Å². The molecule has 2 saturated heterocycles. The fourth-order valence-corrected chi connectivity index (χ4v) is 4.91. The highest BCUT2D eigenvalue weighted by molar-refractivity contribution is 6.43. The van der Waals surface area contributed by atoms with Crippen LogP contribution in [-0.2, 0) is 27.1 Å². The van der Waals surface area contributed by atoms with Gasteiger partial charge in [0.15, 0.2) is 0 Å². The van der Waals surface area contributed by atoms with Crippen LogP contribution in [0.25, 0.3) is 6.08 Å². The van der Waals surface area contributed by atoms with Crippen molar-refractivity contribution in [1.82, 2.24) is 10.2 Å². The van der Waals surface area contributed by atoms with Gasteiger partial charge in [0, 0.05) is 6.42 Å². The summed E-state index contributed by atoms with van der Waals surface area (Å²) in [7, 11) is -1.74. The van der Waals surface area contributed by atoms with Crippen molar-refractivity contribution in [3.63, 3.8) is 0 Å². The molecule has 0 aromatic heterocycles. The number of aryl methyl sites for hydroxylation is 1. The zero-order chi connectivity index (χ0) is 27.1. The molecule has 2 heterocycles. The molecule has 198 valence electrons. The number of nitrogens with zero attached hydrogens (tertiary/aromatic N) is 2. The second-order valence-electron chi connectivity index (χ2n) is 9.79. The number of hydrogen-bond acceptors (Lipinski definition) is 7. The molecule has 0 radical (unpaired) electrons. The van der Waals surface area contributed by atoms with Crippen molar-refractivity contribution < 1.29 is 29.1 Å². The van der Waals surface area contributed by atoms with Crippen LogP contribution < -0.4 is 5.32 Å². The summed E-state index contributed by atoms with van der Waals surface area (Å²) in [6, 6.07) is 17.0. The lowest BCUT2D eigenvalue weighted by Crippen LogP contribution is -2.49. The van der Waals surface area contributed by atoms with Gasteiger partial charge in [0.05, 0.1) is 37.8 Å². The third-order valence-corrected chi connectivity index (χ3v) is 6.95. The Labute approximate surface area is 222 Å². The summed E-state index contributed by atoms with van der Waals surface area (Å²) in [5, 5.41) is 31.5. The highest BCUT2D eigenvalue weighted by Crippen LogP contribution is 2.30. The van der Waals surface area contributed by atoms with E-state index < -0.39 is 19.2 Å². The topological polar surface area (TPSA) is 132 Å². The van der Waals surface area contributed by atoms with Gasteiger partial charge < -0.3 is 29.7 Å². The monoisotopic (exact) mass is 517 g/mol. The maximum absolute atomic E-state index is 13.1. The lowest BCUT2D eigenvalue weighted by atomic mass is 9.76. The second-order valence-corrected chi connectivity index (χ2v) is 9.79. The Morgan fingerprint density at radius 3 is 2.55 bits per heavy atom. The molecule has 2 unspecified atom stereocenters. The molecule has 0 saturated carbocycles. The first kappa shape index (κ1) is 27.4. The van der Waals surface area contributed by atoms with Crippen molar-refractivity contribution in [3.05, 3.63) is 76.4 Å². The molecular formula is C28H32BN3O6. The minimum Gasteiger partial charge on any atom is -0.449 e. The van der Waals surface area contributed by atoms with Gasteiger partial charge in [-0.3, -0.25) is 4.79 Å². The molecule has 9 nitrogen and oxygen atoms in total. The van der Waals surface area contributed by atoms with Gasteiger partial charge in [-0.1, -0.05) is 54.1 Å². The van der Waals surface area contributed by atoms with Crippen molar-refractivity contribution in [2.24, 2.45) is 0 Å². The van der Waals surface area contributed by atoms with Gasteiger partial charge in [0.25, 0.3) is 5.91 Å². The number of hydrogen-bond donors (Lipinski definition) is 3. The number of ether oxygens (including phenoxy) is 2. The highest BCUT2D eigenvalue weighted by Gasteiger charge is 2.41. The Morgan fingerprint density at radius 1 is 1.18 bits per heavy atom. The molecule has 2 bridgehead atoms. The summed E-state index contributed by atoms with van der Waals surface area (Å²) in [6.07, 6.45) is 3.27. The summed E-state index contributed by atoms with van der Waals surface area (Å²) < 4.78 is 10.8. The van der Waals surface area contributed by atoms with E-state index in [2.05, 4.69) is 11.4 Å². The lowest BCUT2D eigenvalue weighted by molar-refractivity contribution is -0.136. The highest BCUT2D eigenvalue weighted by atomic mass is 16.5. The van der Waals surface area contributed by atoms with E-state index in [1.807, 2.05) is 55.5 Å². The van der Waals surface area contributed by atoms with E-state index in [1.54, 1.807) is 11.0 Å². The van der Waals surface area contributed by atoms with E-state index >= 15 is 0 Å². The van der Waals surface area contributed by atoms with E-state index in [4.69, 9.17) is 9.47 Å². The molecular weight excluding hydrogens is 485 g/mol.